The van der Waals surface area contributed by atoms with Crippen LogP contribution in [0.5, 0.6) is 0 Å². The third kappa shape index (κ3) is 3.80. The van der Waals surface area contributed by atoms with Crippen LogP contribution in [0.1, 0.15) is 15.9 Å². The van der Waals surface area contributed by atoms with Crippen LogP contribution in [0.4, 0.5) is 0 Å². The van der Waals surface area contributed by atoms with Gasteiger partial charge in [0.25, 0.3) is 5.91 Å². The lowest BCUT2D eigenvalue weighted by Crippen LogP contribution is -2.44. The summed E-state index contributed by atoms with van der Waals surface area (Å²) in [4.78, 5) is 36.7. The average Bonchev–Trinajstić information content (AvgIpc) is 2.67. The molecule has 3 aromatic rings. The minimum atomic E-state index is -0.916. The zero-order valence-electron chi connectivity index (χ0n) is 14.1. The van der Waals surface area contributed by atoms with Crippen LogP contribution in [-0.2, 0) is 16.0 Å². The Balaban J connectivity index is 1.86. The predicted octanol–water partition coefficient (Wildman–Crippen LogP) is 2.31. The number of esters is 1. The minimum absolute atomic E-state index is 0.161. The van der Waals surface area contributed by atoms with Crippen LogP contribution >= 0.6 is 0 Å². The molecule has 0 spiro atoms. The summed E-state index contributed by atoms with van der Waals surface area (Å²) >= 11 is 0. The van der Waals surface area contributed by atoms with Crippen LogP contribution in [0.3, 0.4) is 0 Å². The number of rotatable bonds is 5. The number of carbonyl (C=O) groups is 2. The molecule has 3 rings (SSSR count). The number of nitrogens with one attached hydrogen (secondary N) is 1. The Morgan fingerprint density at radius 3 is 2.50 bits per heavy atom. The van der Waals surface area contributed by atoms with Gasteiger partial charge in [-0.1, -0.05) is 48.5 Å². The Bertz CT molecular complexity index is 994. The smallest absolute Gasteiger partial charge is 0.349 e. The third-order valence-electron chi connectivity index (χ3n) is 3.96. The molecule has 6 heteroatoms. The molecule has 1 heterocycles. The fourth-order valence-electron chi connectivity index (χ4n) is 2.64. The molecule has 2 aromatic carbocycles. The van der Waals surface area contributed by atoms with Crippen molar-refractivity contribution in [3.8, 4) is 0 Å². The second-order valence-electron chi connectivity index (χ2n) is 5.72. The van der Waals surface area contributed by atoms with Crippen LogP contribution in [0.2, 0.25) is 0 Å². The highest BCUT2D eigenvalue weighted by Gasteiger charge is 2.24. The van der Waals surface area contributed by atoms with Gasteiger partial charge in [0, 0.05) is 11.8 Å². The molecular formula is C20H17NO5. The van der Waals surface area contributed by atoms with Gasteiger partial charge in [-0.2, -0.15) is 0 Å². The minimum Gasteiger partial charge on any atom is -0.467 e. The van der Waals surface area contributed by atoms with Crippen molar-refractivity contribution in [2.45, 2.75) is 12.5 Å². The fourth-order valence-corrected chi connectivity index (χ4v) is 2.64. The van der Waals surface area contributed by atoms with E-state index in [0.717, 1.165) is 5.56 Å². The molecule has 0 aliphatic carbocycles. The standard InChI is InChI=1S/C20H17NO5/c1-25-20(24)16(11-13-7-3-2-4-8-13)21-18(22)15-12-14-9-5-6-10-17(14)26-19(15)23/h2-10,12,16H,11H2,1H3,(H,21,22). The Morgan fingerprint density at radius 1 is 1.08 bits per heavy atom. The molecule has 0 aliphatic rings. The highest BCUT2D eigenvalue weighted by molar-refractivity contribution is 5.98. The molecule has 1 unspecified atom stereocenters. The summed E-state index contributed by atoms with van der Waals surface area (Å²) in [5.74, 6) is -1.27. The quantitative estimate of drug-likeness (QED) is 0.563. The van der Waals surface area contributed by atoms with Gasteiger partial charge >= 0.3 is 11.6 Å². The van der Waals surface area contributed by atoms with Gasteiger partial charge in [-0.25, -0.2) is 9.59 Å². The van der Waals surface area contributed by atoms with E-state index in [2.05, 4.69) is 5.32 Å². The maximum absolute atomic E-state index is 12.6. The largest absolute Gasteiger partial charge is 0.467 e. The Hall–Kier alpha value is -3.41. The zero-order chi connectivity index (χ0) is 18.5. The lowest BCUT2D eigenvalue weighted by Gasteiger charge is -2.16. The SMILES string of the molecule is COC(=O)C(Cc1ccccc1)NC(=O)c1cc2ccccc2oc1=O. The van der Waals surface area contributed by atoms with Gasteiger partial charge in [0.05, 0.1) is 7.11 Å². The summed E-state index contributed by atoms with van der Waals surface area (Å²) < 4.78 is 9.93. The van der Waals surface area contributed by atoms with E-state index in [0.29, 0.717) is 11.0 Å². The summed E-state index contributed by atoms with van der Waals surface area (Å²) in [6, 6.07) is 16.6. The second-order valence-corrected chi connectivity index (χ2v) is 5.72. The van der Waals surface area contributed by atoms with Crippen molar-refractivity contribution in [2.75, 3.05) is 7.11 Å². The maximum Gasteiger partial charge on any atom is 0.349 e. The number of para-hydroxylation sites is 1. The molecule has 0 fully saturated rings. The van der Waals surface area contributed by atoms with Crippen LogP contribution in [-0.4, -0.2) is 25.0 Å². The summed E-state index contributed by atoms with van der Waals surface area (Å²) in [6.45, 7) is 0. The molecule has 6 nitrogen and oxygen atoms in total. The predicted molar refractivity (Wildman–Crippen MR) is 95.9 cm³/mol. The number of carbonyl (C=O) groups excluding carboxylic acids is 2. The highest BCUT2D eigenvalue weighted by atomic mass is 16.5. The summed E-state index contributed by atoms with van der Waals surface area (Å²) in [6.07, 6.45) is 0.248. The van der Waals surface area contributed by atoms with E-state index in [-0.39, 0.29) is 12.0 Å². The Labute approximate surface area is 149 Å². The number of fused-ring (bicyclic) bond motifs is 1. The third-order valence-corrected chi connectivity index (χ3v) is 3.96. The zero-order valence-corrected chi connectivity index (χ0v) is 14.1. The van der Waals surface area contributed by atoms with Gasteiger partial charge in [0.2, 0.25) is 0 Å². The molecule has 0 saturated heterocycles. The van der Waals surface area contributed by atoms with Crippen molar-refractivity contribution in [1.29, 1.82) is 0 Å². The second kappa shape index (κ2) is 7.65. The lowest BCUT2D eigenvalue weighted by molar-refractivity contribution is -0.142. The first-order valence-corrected chi connectivity index (χ1v) is 8.04. The number of methoxy groups -OCH3 is 1. The van der Waals surface area contributed by atoms with E-state index < -0.39 is 23.5 Å². The molecule has 1 N–H and O–H groups in total. The van der Waals surface area contributed by atoms with Crippen LogP contribution in [0.25, 0.3) is 11.0 Å². The molecular weight excluding hydrogens is 334 g/mol. The molecule has 1 amide bonds. The van der Waals surface area contributed by atoms with Gasteiger partial charge in [-0.05, 0) is 17.7 Å². The van der Waals surface area contributed by atoms with Gasteiger partial charge in [0.1, 0.15) is 17.2 Å². The average molecular weight is 351 g/mol. The van der Waals surface area contributed by atoms with E-state index in [1.165, 1.54) is 13.2 Å². The molecule has 132 valence electrons. The van der Waals surface area contributed by atoms with Crippen LogP contribution in [0.15, 0.2) is 69.9 Å². The number of hydrogen-bond donors (Lipinski definition) is 1. The summed E-state index contributed by atoms with van der Waals surface area (Å²) in [5.41, 5.74) is 0.326. The van der Waals surface area contributed by atoms with Gasteiger partial charge < -0.3 is 14.5 Å². The number of hydrogen-bond acceptors (Lipinski definition) is 5. The monoisotopic (exact) mass is 351 g/mol. The highest BCUT2D eigenvalue weighted by Crippen LogP contribution is 2.13. The molecule has 1 aromatic heterocycles. The van der Waals surface area contributed by atoms with Gasteiger partial charge in [-0.3, -0.25) is 4.79 Å². The topological polar surface area (TPSA) is 85.6 Å². The van der Waals surface area contributed by atoms with Crippen molar-refractivity contribution in [3.63, 3.8) is 0 Å². The molecule has 26 heavy (non-hydrogen) atoms. The molecule has 0 radical (unpaired) electrons. The molecule has 0 aliphatic heterocycles. The van der Waals surface area contributed by atoms with Crippen molar-refractivity contribution in [1.82, 2.24) is 5.32 Å². The van der Waals surface area contributed by atoms with Crippen LogP contribution < -0.4 is 10.9 Å². The lowest BCUT2D eigenvalue weighted by atomic mass is 10.1. The van der Waals surface area contributed by atoms with Crippen molar-refractivity contribution in [3.05, 3.63) is 82.2 Å². The number of amides is 1. The Kier molecular flexibility index (Phi) is 5.12. The van der Waals surface area contributed by atoms with E-state index in [1.54, 1.807) is 24.3 Å². The van der Waals surface area contributed by atoms with Crippen LogP contribution in [0, 0.1) is 0 Å². The van der Waals surface area contributed by atoms with E-state index >= 15 is 0 Å². The molecule has 0 saturated carbocycles. The number of benzene rings is 2. The van der Waals surface area contributed by atoms with Gasteiger partial charge in [0.15, 0.2) is 0 Å². The van der Waals surface area contributed by atoms with Gasteiger partial charge in [-0.15, -0.1) is 0 Å². The molecule has 1 atom stereocenters. The first-order valence-electron chi connectivity index (χ1n) is 8.04. The first-order chi connectivity index (χ1) is 12.6. The normalized spacial score (nSPS) is 11.7. The Morgan fingerprint density at radius 2 is 1.77 bits per heavy atom. The first kappa shape index (κ1) is 17.4. The number of ether oxygens (including phenoxy) is 1. The maximum atomic E-state index is 12.6. The molecule has 0 bridgehead atoms. The van der Waals surface area contributed by atoms with E-state index in [1.807, 2.05) is 30.3 Å². The van der Waals surface area contributed by atoms with Crippen molar-refractivity contribution < 1.29 is 18.7 Å². The summed E-state index contributed by atoms with van der Waals surface area (Å²) in [7, 11) is 1.25. The summed E-state index contributed by atoms with van der Waals surface area (Å²) in [5, 5.41) is 3.18. The van der Waals surface area contributed by atoms with Crippen molar-refractivity contribution >= 4 is 22.8 Å². The fraction of sp³-hybridized carbons (Fsp3) is 0.150. The van der Waals surface area contributed by atoms with E-state index in [9.17, 15) is 14.4 Å². The van der Waals surface area contributed by atoms with Crippen molar-refractivity contribution in [2.24, 2.45) is 0 Å². The van der Waals surface area contributed by atoms with E-state index in [4.69, 9.17) is 9.15 Å².